The molecule has 0 unspecified atom stereocenters. The smallest absolute Gasteiger partial charge is 0.329 e. The van der Waals surface area contributed by atoms with Crippen molar-refractivity contribution in [3.8, 4) is 0 Å². The van der Waals surface area contributed by atoms with Crippen molar-refractivity contribution >= 4 is 23.5 Å². The lowest BCUT2D eigenvalue weighted by Crippen LogP contribution is -2.50. The molecular formula is C21H23ClN2O4. The summed E-state index contributed by atoms with van der Waals surface area (Å²) < 4.78 is 4.92. The van der Waals surface area contributed by atoms with Gasteiger partial charge in [-0.15, -0.1) is 0 Å². The third-order valence-corrected chi connectivity index (χ3v) is 5.04. The summed E-state index contributed by atoms with van der Waals surface area (Å²) in [7, 11) is 0. The van der Waals surface area contributed by atoms with E-state index in [4.69, 9.17) is 21.4 Å². The van der Waals surface area contributed by atoms with Crippen LogP contribution in [0, 0.1) is 0 Å². The van der Waals surface area contributed by atoms with Crippen LogP contribution in [0.5, 0.6) is 0 Å². The molecule has 0 radical (unpaired) electrons. The zero-order valence-electron chi connectivity index (χ0n) is 15.5. The van der Waals surface area contributed by atoms with Crippen LogP contribution >= 0.6 is 11.6 Å². The standard InChI is InChI=1S/C21H23ClN2O4/c22-18-8-6-17(7-9-18)21(16-4-2-1-3-5-16)24-12-10-23(11-13-24)19(25)14-28-15-20(26)27/h1-9,21H,10-15H2,(H,26,27)/t21-/m0/s1. The number of carbonyl (C=O) groups is 2. The van der Waals surface area contributed by atoms with Crippen LogP contribution in [-0.2, 0) is 14.3 Å². The summed E-state index contributed by atoms with van der Waals surface area (Å²) in [6.45, 7) is 1.92. The van der Waals surface area contributed by atoms with Crippen LogP contribution < -0.4 is 0 Å². The van der Waals surface area contributed by atoms with Gasteiger partial charge >= 0.3 is 5.97 Å². The number of aliphatic carboxylic acids is 1. The number of nitrogens with zero attached hydrogens (tertiary/aromatic N) is 2. The van der Waals surface area contributed by atoms with Gasteiger partial charge in [-0.25, -0.2) is 4.79 Å². The third-order valence-electron chi connectivity index (χ3n) is 4.78. The Morgan fingerprint density at radius 1 is 0.929 bits per heavy atom. The predicted molar refractivity (Wildman–Crippen MR) is 106 cm³/mol. The lowest BCUT2D eigenvalue weighted by Gasteiger charge is -2.39. The minimum atomic E-state index is -1.08. The fourth-order valence-corrected chi connectivity index (χ4v) is 3.57. The SMILES string of the molecule is O=C(O)COCC(=O)N1CCN([C@@H](c2ccccc2)c2ccc(Cl)cc2)CC1. The molecule has 0 saturated carbocycles. The second-order valence-electron chi connectivity index (χ2n) is 6.67. The highest BCUT2D eigenvalue weighted by molar-refractivity contribution is 6.30. The first-order valence-electron chi connectivity index (χ1n) is 9.16. The number of rotatable bonds is 7. The quantitative estimate of drug-likeness (QED) is 0.771. The van der Waals surface area contributed by atoms with E-state index in [1.165, 1.54) is 5.56 Å². The molecule has 0 aromatic heterocycles. The minimum Gasteiger partial charge on any atom is -0.480 e. The number of hydrogen-bond donors (Lipinski definition) is 1. The van der Waals surface area contributed by atoms with E-state index in [0.29, 0.717) is 31.2 Å². The van der Waals surface area contributed by atoms with Gasteiger partial charge < -0.3 is 14.7 Å². The highest BCUT2D eigenvalue weighted by atomic mass is 35.5. The highest BCUT2D eigenvalue weighted by Crippen LogP contribution is 2.30. The highest BCUT2D eigenvalue weighted by Gasteiger charge is 2.28. The first kappa shape index (κ1) is 20.3. The van der Waals surface area contributed by atoms with E-state index in [9.17, 15) is 9.59 Å². The topological polar surface area (TPSA) is 70.1 Å². The number of carboxylic acid groups (broad SMARTS) is 1. The molecule has 148 valence electrons. The van der Waals surface area contributed by atoms with Gasteiger partial charge in [-0.05, 0) is 23.3 Å². The molecule has 0 aliphatic carbocycles. The summed E-state index contributed by atoms with van der Waals surface area (Å²) in [5.41, 5.74) is 2.34. The van der Waals surface area contributed by atoms with Crippen LogP contribution in [0.4, 0.5) is 0 Å². The molecule has 1 amide bonds. The van der Waals surface area contributed by atoms with Gasteiger partial charge in [0.2, 0.25) is 5.91 Å². The van der Waals surface area contributed by atoms with Crippen LogP contribution in [0.25, 0.3) is 0 Å². The van der Waals surface area contributed by atoms with E-state index in [2.05, 4.69) is 17.0 Å². The normalized spacial score (nSPS) is 16.0. The fraction of sp³-hybridized carbons (Fsp3) is 0.333. The van der Waals surface area contributed by atoms with Crippen molar-refractivity contribution < 1.29 is 19.4 Å². The van der Waals surface area contributed by atoms with Gasteiger partial charge in [0.05, 0.1) is 6.04 Å². The predicted octanol–water partition coefficient (Wildman–Crippen LogP) is 2.67. The summed E-state index contributed by atoms with van der Waals surface area (Å²) in [6, 6.07) is 18.2. The minimum absolute atomic E-state index is 0.0824. The van der Waals surface area contributed by atoms with Crippen molar-refractivity contribution in [2.24, 2.45) is 0 Å². The second-order valence-corrected chi connectivity index (χ2v) is 7.10. The molecule has 1 saturated heterocycles. The van der Waals surface area contributed by atoms with E-state index >= 15 is 0 Å². The van der Waals surface area contributed by atoms with Crippen LogP contribution in [0.15, 0.2) is 54.6 Å². The number of halogens is 1. The van der Waals surface area contributed by atoms with Crippen molar-refractivity contribution in [1.29, 1.82) is 0 Å². The summed E-state index contributed by atoms with van der Waals surface area (Å²) in [6.07, 6.45) is 0. The number of amides is 1. The van der Waals surface area contributed by atoms with E-state index in [0.717, 1.165) is 5.56 Å². The lowest BCUT2D eigenvalue weighted by atomic mass is 9.96. The molecule has 2 aromatic carbocycles. The molecule has 1 heterocycles. The maximum Gasteiger partial charge on any atom is 0.329 e. The Labute approximate surface area is 169 Å². The van der Waals surface area contributed by atoms with E-state index in [1.807, 2.05) is 42.5 Å². The van der Waals surface area contributed by atoms with Crippen LogP contribution in [0.3, 0.4) is 0 Å². The van der Waals surface area contributed by atoms with Gasteiger partial charge in [0.1, 0.15) is 13.2 Å². The van der Waals surface area contributed by atoms with Gasteiger partial charge in [0.25, 0.3) is 0 Å². The Morgan fingerprint density at radius 3 is 2.14 bits per heavy atom. The molecule has 1 aliphatic rings. The van der Waals surface area contributed by atoms with E-state index < -0.39 is 12.6 Å². The van der Waals surface area contributed by atoms with Gasteiger partial charge in [0, 0.05) is 31.2 Å². The number of carboxylic acids is 1. The molecule has 0 bridgehead atoms. The molecular weight excluding hydrogens is 380 g/mol. The summed E-state index contributed by atoms with van der Waals surface area (Å²) >= 11 is 6.06. The van der Waals surface area contributed by atoms with Crippen molar-refractivity contribution in [3.05, 3.63) is 70.7 Å². The van der Waals surface area contributed by atoms with E-state index in [1.54, 1.807) is 4.90 Å². The van der Waals surface area contributed by atoms with Gasteiger partial charge in [-0.3, -0.25) is 9.69 Å². The van der Waals surface area contributed by atoms with Crippen molar-refractivity contribution in [2.45, 2.75) is 6.04 Å². The first-order chi connectivity index (χ1) is 13.5. The third kappa shape index (κ3) is 5.32. The molecule has 28 heavy (non-hydrogen) atoms. The zero-order valence-corrected chi connectivity index (χ0v) is 16.2. The average Bonchev–Trinajstić information content (AvgIpc) is 2.71. The number of carbonyl (C=O) groups excluding carboxylic acids is 1. The van der Waals surface area contributed by atoms with Crippen molar-refractivity contribution in [2.75, 3.05) is 39.4 Å². The number of ether oxygens (including phenoxy) is 1. The van der Waals surface area contributed by atoms with Crippen molar-refractivity contribution in [3.63, 3.8) is 0 Å². The summed E-state index contributed by atoms with van der Waals surface area (Å²) in [4.78, 5) is 26.8. The van der Waals surface area contributed by atoms with E-state index in [-0.39, 0.29) is 18.6 Å². The zero-order chi connectivity index (χ0) is 19.9. The van der Waals surface area contributed by atoms with Crippen molar-refractivity contribution in [1.82, 2.24) is 9.80 Å². The first-order valence-corrected chi connectivity index (χ1v) is 9.54. The van der Waals surface area contributed by atoms with Gasteiger partial charge in [0.15, 0.2) is 0 Å². The maximum atomic E-state index is 12.2. The molecule has 2 aromatic rings. The molecule has 1 fully saturated rings. The van der Waals surface area contributed by atoms with Gasteiger partial charge in [-0.2, -0.15) is 0 Å². The second kappa shape index (κ2) is 9.68. The molecule has 1 atom stereocenters. The fourth-order valence-electron chi connectivity index (χ4n) is 3.44. The summed E-state index contributed by atoms with van der Waals surface area (Å²) in [5.74, 6) is -1.25. The Hall–Kier alpha value is -2.41. The monoisotopic (exact) mass is 402 g/mol. The van der Waals surface area contributed by atoms with Gasteiger partial charge in [-0.1, -0.05) is 54.1 Å². The van der Waals surface area contributed by atoms with Crippen LogP contribution in [0.2, 0.25) is 5.02 Å². The lowest BCUT2D eigenvalue weighted by molar-refractivity contribution is -0.146. The molecule has 6 nitrogen and oxygen atoms in total. The molecule has 1 N–H and O–H groups in total. The Morgan fingerprint density at radius 2 is 1.54 bits per heavy atom. The molecule has 7 heteroatoms. The molecule has 3 rings (SSSR count). The molecule has 0 spiro atoms. The number of piperazine rings is 1. The largest absolute Gasteiger partial charge is 0.480 e. The summed E-state index contributed by atoms with van der Waals surface area (Å²) in [5, 5.41) is 9.30. The Balaban J connectivity index is 1.67. The average molecular weight is 403 g/mol. The Kier molecular flexibility index (Phi) is 7.03. The Bertz CT molecular complexity index is 790. The maximum absolute atomic E-state index is 12.2. The van der Waals surface area contributed by atoms with Crippen LogP contribution in [0.1, 0.15) is 17.2 Å². The number of benzene rings is 2. The number of hydrogen-bond acceptors (Lipinski definition) is 4. The molecule has 1 aliphatic heterocycles. The van der Waals surface area contributed by atoms with Crippen LogP contribution in [-0.4, -0.2) is 66.2 Å².